The molecule has 0 bridgehead atoms. The zero-order valence-electron chi connectivity index (χ0n) is 16.1. The summed E-state index contributed by atoms with van der Waals surface area (Å²) in [4.78, 5) is 4.75. The van der Waals surface area contributed by atoms with E-state index in [-0.39, 0.29) is 0 Å². The van der Waals surface area contributed by atoms with E-state index in [0.717, 1.165) is 67.9 Å². The molecule has 1 aliphatic rings. The Morgan fingerprint density at radius 2 is 1.70 bits per heavy atom. The maximum absolute atomic E-state index is 4.46. The molecule has 4 rings (SSSR count). The van der Waals surface area contributed by atoms with E-state index in [1.165, 1.54) is 0 Å². The quantitative estimate of drug-likeness (QED) is 0.659. The van der Waals surface area contributed by atoms with Crippen LogP contribution in [0.15, 0.2) is 24.4 Å². The lowest BCUT2D eigenvalue weighted by atomic mass is 10.2. The van der Waals surface area contributed by atoms with Crippen LogP contribution in [0.2, 0.25) is 0 Å². The fourth-order valence-electron chi connectivity index (χ4n) is 3.44. The monoisotopic (exact) mass is 367 g/mol. The molecule has 1 aliphatic heterocycles. The van der Waals surface area contributed by atoms with Crippen LogP contribution < -0.4 is 4.90 Å². The zero-order valence-corrected chi connectivity index (χ0v) is 16.1. The molecule has 0 atom stereocenters. The lowest BCUT2D eigenvalue weighted by molar-refractivity contribution is 0.259. The molecule has 1 saturated heterocycles. The third kappa shape index (κ3) is 3.97. The molecule has 0 aliphatic carbocycles. The lowest BCUT2D eigenvalue weighted by Crippen LogP contribution is -2.47. The van der Waals surface area contributed by atoms with Gasteiger partial charge in [-0.25, -0.2) is 4.68 Å². The van der Waals surface area contributed by atoms with E-state index in [9.17, 15) is 0 Å². The molecule has 0 amide bonds. The van der Waals surface area contributed by atoms with Gasteiger partial charge in [0.2, 0.25) is 0 Å². The van der Waals surface area contributed by atoms with Gasteiger partial charge in [-0.15, -0.1) is 15.3 Å². The van der Waals surface area contributed by atoms with E-state index in [1.807, 2.05) is 50.0 Å². The summed E-state index contributed by atoms with van der Waals surface area (Å²) >= 11 is 0. The molecule has 0 spiro atoms. The summed E-state index contributed by atoms with van der Waals surface area (Å²) in [7, 11) is 1.90. The van der Waals surface area contributed by atoms with Gasteiger partial charge in [0.15, 0.2) is 11.6 Å². The molecule has 0 unspecified atom stereocenters. The molecule has 9 nitrogen and oxygen atoms in total. The highest BCUT2D eigenvalue weighted by molar-refractivity contribution is 5.40. The Morgan fingerprint density at radius 1 is 0.963 bits per heavy atom. The lowest BCUT2D eigenvalue weighted by Gasteiger charge is -2.35. The predicted octanol–water partition coefficient (Wildman–Crippen LogP) is 0.772. The summed E-state index contributed by atoms with van der Waals surface area (Å²) < 4.78 is 3.58. The Hall–Kier alpha value is -2.81. The third-order valence-corrected chi connectivity index (χ3v) is 4.89. The fraction of sp³-hybridized carbons (Fsp3) is 0.500. The normalized spacial score (nSPS) is 15.4. The van der Waals surface area contributed by atoms with Gasteiger partial charge in [0.1, 0.15) is 0 Å². The first-order chi connectivity index (χ1) is 13.1. The number of anilines is 1. The molecule has 9 heteroatoms. The van der Waals surface area contributed by atoms with Crippen molar-refractivity contribution in [3.05, 3.63) is 41.5 Å². The van der Waals surface area contributed by atoms with Crippen molar-refractivity contribution < 1.29 is 0 Å². The van der Waals surface area contributed by atoms with Crippen LogP contribution in [0.4, 0.5) is 5.82 Å². The molecule has 142 valence electrons. The number of rotatable bonds is 5. The maximum atomic E-state index is 4.46. The van der Waals surface area contributed by atoms with Crippen LogP contribution in [0, 0.1) is 13.8 Å². The van der Waals surface area contributed by atoms with Crippen LogP contribution in [0.3, 0.4) is 0 Å². The van der Waals surface area contributed by atoms with Crippen LogP contribution in [0.5, 0.6) is 0 Å². The topological polar surface area (TPSA) is 80.8 Å². The summed E-state index contributed by atoms with van der Waals surface area (Å²) in [5.74, 6) is 1.68. The van der Waals surface area contributed by atoms with Crippen molar-refractivity contribution in [2.45, 2.75) is 20.3 Å². The summed E-state index contributed by atoms with van der Waals surface area (Å²) in [6.45, 7) is 8.95. The standard InChI is InChI=1S/C18H25N9/c1-14-12-15(2)27(22-14)18-5-4-17(20-21-18)26-10-8-25(9-11-26)7-6-16-13-24(3)23-19-16/h4-5,12-13H,6-11H2,1-3H3. The molecule has 0 aromatic carbocycles. The Kier molecular flexibility index (Phi) is 4.85. The largest absolute Gasteiger partial charge is 0.353 e. The van der Waals surface area contributed by atoms with Gasteiger partial charge >= 0.3 is 0 Å². The van der Waals surface area contributed by atoms with Gasteiger partial charge in [0, 0.05) is 58.1 Å². The smallest absolute Gasteiger partial charge is 0.176 e. The highest BCUT2D eigenvalue weighted by Crippen LogP contribution is 2.15. The first kappa shape index (κ1) is 17.6. The third-order valence-electron chi connectivity index (χ3n) is 4.89. The molecule has 1 fully saturated rings. The van der Waals surface area contributed by atoms with Crippen LogP contribution in [0.1, 0.15) is 17.1 Å². The van der Waals surface area contributed by atoms with E-state index >= 15 is 0 Å². The van der Waals surface area contributed by atoms with Crippen LogP contribution in [-0.4, -0.2) is 72.6 Å². The molecule has 0 radical (unpaired) electrons. The minimum Gasteiger partial charge on any atom is -0.353 e. The summed E-state index contributed by atoms with van der Waals surface area (Å²) in [5.41, 5.74) is 3.09. The van der Waals surface area contributed by atoms with Crippen molar-refractivity contribution in [1.29, 1.82) is 0 Å². The van der Waals surface area contributed by atoms with E-state index in [1.54, 1.807) is 4.68 Å². The summed E-state index contributed by atoms with van der Waals surface area (Å²) in [6, 6.07) is 6.06. The van der Waals surface area contributed by atoms with Crippen molar-refractivity contribution in [3.63, 3.8) is 0 Å². The second-order valence-corrected chi connectivity index (χ2v) is 7.05. The first-order valence-corrected chi connectivity index (χ1v) is 9.28. The Labute approximate surface area is 158 Å². The van der Waals surface area contributed by atoms with Crippen molar-refractivity contribution in [3.8, 4) is 5.82 Å². The second-order valence-electron chi connectivity index (χ2n) is 7.05. The van der Waals surface area contributed by atoms with Crippen molar-refractivity contribution in [2.24, 2.45) is 7.05 Å². The maximum Gasteiger partial charge on any atom is 0.176 e. The number of hydrogen-bond donors (Lipinski definition) is 0. The zero-order chi connectivity index (χ0) is 18.8. The van der Waals surface area contributed by atoms with Crippen LogP contribution in [-0.2, 0) is 13.5 Å². The van der Waals surface area contributed by atoms with Crippen LogP contribution >= 0.6 is 0 Å². The molecule has 3 aromatic heterocycles. The molecule has 3 aromatic rings. The van der Waals surface area contributed by atoms with Gasteiger partial charge in [-0.1, -0.05) is 5.21 Å². The molecule has 4 heterocycles. The van der Waals surface area contributed by atoms with E-state index in [2.05, 4.69) is 35.4 Å². The second kappa shape index (κ2) is 7.43. The number of aryl methyl sites for hydroxylation is 3. The number of hydrogen-bond acceptors (Lipinski definition) is 7. The van der Waals surface area contributed by atoms with E-state index < -0.39 is 0 Å². The Bertz CT molecular complexity index is 888. The fourth-order valence-corrected chi connectivity index (χ4v) is 3.44. The van der Waals surface area contributed by atoms with E-state index in [0.29, 0.717) is 0 Å². The average Bonchev–Trinajstić information content (AvgIpc) is 3.25. The minimum atomic E-state index is 0.756. The number of aromatic nitrogens is 7. The van der Waals surface area contributed by atoms with Gasteiger partial charge < -0.3 is 4.90 Å². The van der Waals surface area contributed by atoms with Crippen molar-refractivity contribution in [1.82, 2.24) is 39.9 Å². The Balaban J connectivity index is 1.32. The summed E-state index contributed by atoms with van der Waals surface area (Å²) in [6.07, 6.45) is 2.92. The molecule has 0 N–H and O–H groups in total. The average molecular weight is 367 g/mol. The number of nitrogens with zero attached hydrogens (tertiary/aromatic N) is 9. The minimum absolute atomic E-state index is 0.756. The highest BCUT2D eigenvalue weighted by Gasteiger charge is 2.19. The number of piperazine rings is 1. The molecule has 27 heavy (non-hydrogen) atoms. The van der Waals surface area contributed by atoms with E-state index in [4.69, 9.17) is 0 Å². The SMILES string of the molecule is Cc1cc(C)n(-c2ccc(N3CCN(CCc4cn(C)nn4)CC3)nn2)n1. The molecular weight excluding hydrogens is 342 g/mol. The molecule has 0 saturated carbocycles. The Morgan fingerprint density at radius 3 is 2.30 bits per heavy atom. The van der Waals surface area contributed by atoms with Gasteiger partial charge in [-0.3, -0.25) is 9.58 Å². The van der Waals surface area contributed by atoms with Gasteiger partial charge in [-0.2, -0.15) is 5.10 Å². The van der Waals surface area contributed by atoms with Crippen molar-refractivity contribution in [2.75, 3.05) is 37.6 Å². The molecular formula is C18H25N9. The van der Waals surface area contributed by atoms with Crippen molar-refractivity contribution >= 4 is 5.82 Å². The van der Waals surface area contributed by atoms with Crippen LogP contribution in [0.25, 0.3) is 5.82 Å². The predicted molar refractivity (Wildman–Crippen MR) is 102 cm³/mol. The highest BCUT2D eigenvalue weighted by atomic mass is 15.4. The summed E-state index contributed by atoms with van der Waals surface area (Å²) in [5, 5.41) is 21.4. The van der Waals surface area contributed by atoms with Gasteiger partial charge in [0.05, 0.1) is 11.4 Å². The van der Waals surface area contributed by atoms with Gasteiger partial charge in [-0.05, 0) is 32.0 Å². The first-order valence-electron chi connectivity index (χ1n) is 9.28. The van der Waals surface area contributed by atoms with Gasteiger partial charge in [0.25, 0.3) is 0 Å².